The second-order valence-corrected chi connectivity index (χ2v) is 16.2. The van der Waals surface area contributed by atoms with Crippen molar-refractivity contribution in [3.8, 4) is 0 Å². The molecule has 2 amide bonds. The van der Waals surface area contributed by atoms with Crippen LogP contribution >= 0.6 is 0 Å². The number of likely N-dealkylation sites (N-methyl/N-ethyl adjacent to an activating group) is 4. The molecule has 60 heavy (non-hydrogen) atoms. The van der Waals surface area contributed by atoms with Crippen LogP contribution in [0, 0.1) is 32.1 Å². The molecule has 2 fully saturated rings. The summed E-state index contributed by atoms with van der Waals surface area (Å²) in [5.74, 6) is -4.33. The molecule has 2 saturated heterocycles. The molecule has 14 heteroatoms. The number of amides is 2. The molecule has 0 saturated carbocycles. The normalized spacial score (nSPS) is 25.9. The number of non-ortho nitro benzene ring substituents is 2. The van der Waals surface area contributed by atoms with E-state index in [0.717, 1.165) is 11.1 Å². The van der Waals surface area contributed by atoms with E-state index in [-0.39, 0.29) is 47.8 Å². The van der Waals surface area contributed by atoms with E-state index in [1.807, 2.05) is 34.1 Å². The highest BCUT2D eigenvalue weighted by atomic mass is 16.6. The van der Waals surface area contributed by atoms with Gasteiger partial charge in [-0.05, 0) is 37.4 Å². The molecule has 9 rings (SSSR count). The number of carbonyl (C=O) groups is 4. The predicted octanol–water partition coefficient (Wildman–Crippen LogP) is 6.30. The fourth-order valence-corrected chi connectivity index (χ4v) is 10.8. The second kappa shape index (κ2) is 13.9. The van der Waals surface area contributed by atoms with Crippen molar-refractivity contribution in [2.45, 2.75) is 22.9 Å². The Morgan fingerprint density at radius 2 is 0.900 bits per heavy atom. The molecule has 0 aliphatic carbocycles. The lowest BCUT2D eigenvalue weighted by molar-refractivity contribution is -0.385. The first-order valence-corrected chi connectivity index (χ1v) is 19.6. The summed E-state index contributed by atoms with van der Waals surface area (Å²) in [4.78, 5) is 88.8. The monoisotopic (exact) mass is 804 g/mol. The Kier molecular flexibility index (Phi) is 8.91. The van der Waals surface area contributed by atoms with Crippen LogP contribution in [0.2, 0.25) is 0 Å². The maximum Gasteiger partial charge on any atom is 0.269 e. The van der Waals surface area contributed by atoms with Gasteiger partial charge in [-0.3, -0.25) is 49.2 Å². The van der Waals surface area contributed by atoms with Gasteiger partial charge in [0.25, 0.3) is 23.2 Å². The highest BCUT2D eigenvalue weighted by Gasteiger charge is 2.67. The number of rotatable bonds is 8. The van der Waals surface area contributed by atoms with Crippen molar-refractivity contribution in [3.63, 3.8) is 0 Å². The van der Waals surface area contributed by atoms with Crippen molar-refractivity contribution in [1.82, 2.24) is 9.80 Å². The van der Waals surface area contributed by atoms with Gasteiger partial charge in [-0.25, -0.2) is 0 Å². The van der Waals surface area contributed by atoms with E-state index in [2.05, 4.69) is 0 Å². The average molecular weight is 805 g/mol. The van der Waals surface area contributed by atoms with Gasteiger partial charge in [-0.1, -0.05) is 84.9 Å². The quantitative estimate of drug-likeness (QED) is 0.0986. The molecule has 6 unspecified atom stereocenters. The third-order valence-electron chi connectivity index (χ3n) is 13.5. The molecule has 302 valence electrons. The minimum absolute atomic E-state index is 0.189. The minimum Gasteiger partial charge on any atom is -0.313 e. The van der Waals surface area contributed by atoms with Crippen molar-refractivity contribution < 1.29 is 29.0 Å². The van der Waals surface area contributed by atoms with Crippen LogP contribution in [0.1, 0.15) is 54.8 Å². The zero-order valence-corrected chi connectivity index (χ0v) is 33.2. The van der Waals surface area contributed by atoms with Crippen molar-refractivity contribution in [3.05, 3.63) is 175 Å². The fourth-order valence-electron chi connectivity index (χ4n) is 10.8. The van der Waals surface area contributed by atoms with E-state index in [1.54, 1.807) is 101 Å². The summed E-state index contributed by atoms with van der Waals surface area (Å²) in [5.41, 5.74) is 0.600. The molecule has 0 bridgehead atoms. The first-order chi connectivity index (χ1) is 28.7. The fraction of sp³-hybridized carbons (Fsp3) is 0.261. The number of ketones is 2. The van der Waals surface area contributed by atoms with Crippen molar-refractivity contribution in [2.24, 2.45) is 11.8 Å². The van der Waals surface area contributed by atoms with E-state index < -0.39 is 44.6 Å². The summed E-state index contributed by atoms with van der Waals surface area (Å²) >= 11 is 0. The standard InChI is InChI=1S/C46H40N6O8/c1-47-25-33(39(41(53)29-11-7-5-8-12-29)45(47)35-23-31(51(57)58)19-21-37(35)49(3)43(45)55)27-15-17-28(18-16-27)34-26-48(2)46(40(34)42(54)30-13-9-6-10-14-30)36-24-32(52(59)60)20-22-38(36)50(4)44(46)56/h5-24,33-34,39-40H,25-26H2,1-4H3. The molecule has 5 aromatic rings. The van der Waals surface area contributed by atoms with Crippen LogP contribution in [-0.4, -0.2) is 84.3 Å². The van der Waals surface area contributed by atoms with E-state index in [4.69, 9.17) is 0 Å². The number of benzene rings is 5. The van der Waals surface area contributed by atoms with Gasteiger partial charge < -0.3 is 9.80 Å². The Bertz CT molecular complexity index is 2470. The molecule has 0 radical (unpaired) electrons. The summed E-state index contributed by atoms with van der Waals surface area (Å²) in [7, 11) is 6.77. The Morgan fingerprint density at radius 1 is 0.550 bits per heavy atom. The van der Waals surface area contributed by atoms with Gasteiger partial charge in [0.1, 0.15) is 11.1 Å². The molecular formula is C46H40N6O8. The Labute approximate surface area is 344 Å². The first-order valence-electron chi connectivity index (χ1n) is 19.6. The minimum atomic E-state index is -1.55. The number of nitro benzene ring substituents is 2. The molecule has 14 nitrogen and oxygen atoms in total. The number of Topliss-reactive ketones (excluding diaryl/α,β-unsaturated/α-hetero) is 2. The summed E-state index contributed by atoms with van der Waals surface area (Å²) in [6.45, 7) is 0.538. The molecule has 0 N–H and O–H groups in total. The zero-order valence-electron chi connectivity index (χ0n) is 33.2. The van der Waals surface area contributed by atoms with Crippen LogP contribution in [-0.2, 0) is 20.7 Å². The number of anilines is 2. The summed E-state index contributed by atoms with van der Waals surface area (Å²) in [5, 5.41) is 24.1. The van der Waals surface area contributed by atoms with Crippen molar-refractivity contribution in [1.29, 1.82) is 0 Å². The van der Waals surface area contributed by atoms with Crippen molar-refractivity contribution >= 4 is 46.1 Å². The van der Waals surface area contributed by atoms with Crippen LogP contribution in [0.3, 0.4) is 0 Å². The Balaban J connectivity index is 1.17. The predicted molar refractivity (Wildman–Crippen MR) is 222 cm³/mol. The maximum absolute atomic E-state index is 14.9. The molecule has 5 aromatic carbocycles. The number of nitro groups is 2. The third kappa shape index (κ3) is 5.20. The SMILES string of the molecule is CN1C(=O)C2(c3cc([N+](=O)[O-])ccc31)C(C(=O)c1ccccc1)C(c1ccc(C3CN(C)C4(C(=O)N(C)c5ccc([N+](=O)[O-])cc54)C3C(=O)c3ccccc3)cc1)CN2C. The lowest BCUT2D eigenvalue weighted by Crippen LogP contribution is -2.53. The van der Waals surface area contributed by atoms with Crippen LogP contribution in [0.5, 0.6) is 0 Å². The van der Waals surface area contributed by atoms with Gasteiger partial charge in [0.05, 0.1) is 21.7 Å². The molecule has 2 spiro atoms. The largest absolute Gasteiger partial charge is 0.313 e. The number of hydrogen-bond acceptors (Lipinski definition) is 10. The lowest BCUT2D eigenvalue weighted by atomic mass is 9.69. The van der Waals surface area contributed by atoms with Crippen LogP contribution in [0.25, 0.3) is 0 Å². The molecule has 0 aromatic heterocycles. The third-order valence-corrected chi connectivity index (χ3v) is 13.5. The molecule has 4 aliphatic rings. The molecule has 4 heterocycles. The number of carbonyl (C=O) groups excluding carboxylic acids is 4. The number of fused-ring (bicyclic) bond motifs is 4. The highest BCUT2D eigenvalue weighted by molar-refractivity contribution is 6.14. The van der Waals surface area contributed by atoms with E-state index in [0.29, 0.717) is 33.6 Å². The second-order valence-electron chi connectivity index (χ2n) is 16.2. The lowest BCUT2D eigenvalue weighted by Gasteiger charge is -2.36. The zero-order chi connectivity index (χ0) is 42.4. The summed E-state index contributed by atoms with van der Waals surface area (Å²) in [6, 6.07) is 33.7. The van der Waals surface area contributed by atoms with E-state index in [1.165, 1.54) is 34.1 Å². The van der Waals surface area contributed by atoms with Gasteiger partial charge >= 0.3 is 0 Å². The Hall–Kier alpha value is -6.90. The van der Waals surface area contributed by atoms with Gasteiger partial charge in [-0.2, -0.15) is 0 Å². The summed E-state index contributed by atoms with van der Waals surface area (Å²) in [6.07, 6.45) is 0. The van der Waals surface area contributed by atoms with E-state index in [9.17, 15) is 39.4 Å². The van der Waals surface area contributed by atoms with Crippen molar-refractivity contribution in [2.75, 3.05) is 51.1 Å². The number of nitrogens with zero attached hydrogens (tertiary/aromatic N) is 6. The molecule has 6 atom stereocenters. The topological polar surface area (TPSA) is 168 Å². The van der Waals surface area contributed by atoms with Gasteiger partial charge in [0.2, 0.25) is 0 Å². The van der Waals surface area contributed by atoms with E-state index >= 15 is 0 Å². The highest BCUT2D eigenvalue weighted by Crippen LogP contribution is 2.59. The van der Waals surface area contributed by atoms with Gasteiger partial charge in [0.15, 0.2) is 11.6 Å². The maximum atomic E-state index is 14.9. The van der Waals surface area contributed by atoms with Crippen LogP contribution in [0.4, 0.5) is 22.7 Å². The summed E-state index contributed by atoms with van der Waals surface area (Å²) < 4.78 is 0. The van der Waals surface area contributed by atoms with Crippen LogP contribution < -0.4 is 9.80 Å². The van der Waals surface area contributed by atoms with Gasteiger partial charge in [-0.15, -0.1) is 0 Å². The first kappa shape index (κ1) is 38.6. The Morgan fingerprint density at radius 3 is 1.23 bits per heavy atom. The molecular weight excluding hydrogens is 765 g/mol. The molecule has 4 aliphatic heterocycles. The number of likely N-dealkylation sites (tertiary alicyclic amines) is 2. The van der Waals surface area contributed by atoms with Crippen LogP contribution in [0.15, 0.2) is 121 Å². The smallest absolute Gasteiger partial charge is 0.269 e. The average Bonchev–Trinajstić information content (AvgIpc) is 3.90. The van der Waals surface area contributed by atoms with Gasteiger partial charge in [0, 0.05) is 96.9 Å². The number of hydrogen-bond donors (Lipinski definition) is 0.